The molecule has 1 saturated heterocycles. The lowest BCUT2D eigenvalue weighted by Gasteiger charge is -2.36. The SMILES string of the molecule is CC1CCN(C(CNC(=O)c2ccc(S(=O)(=O)NC(C)C)cc2)c2cccs2)CC1. The van der Waals surface area contributed by atoms with Crippen LogP contribution in [-0.2, 0) is 10.0 Å². The number of carbonyl (C=O) groups excluding carboxylic acids is 1. The van der Waals surface area contributed by atoms with E-state index >= 15 is 0 Å². The van der Waals surface area contributed by atoms with Crippen molar-refractivity contribution in [3.05, 3.63) is 52.2 Å². The van der Waals surface area contributed by atoms with Crippen LogP contribution >= 0.6 is 11.3 Å². The molecule has 2 aromatic rings. The molecule has 164 valence electrons. The molecule has 2 N–H and O–H groups in total. The highest BCUT2D eigenvalue weighted by molar-refractivity contribution is 7.89. The second-order valence-electron chi connectivity index (χ2n) is 8.26. The lowest BCUT2D eigenvalue weighted by molar-refractivity contribution is 0.0915. The Morgan fingerprint density at radius 2 is 1.83 bits per heavy atom. The van der Waals surface area contributed by atoms with Crippen LogP contribution in [0.15, 0.2) is 46.7 Å². The van der Waals surface area contributed by atoms with Crippen LogP contribution in [-0.4, -0.2) is 44.9 Å². The number of carbonyl (C=O) groups is 1. The minimum Gasteiger partial charge on any atom is -0.350 e. The highest BCUT2D eigenvalue weighted by Gasteiger charge is 2.26. The van der Waals surface area contributed by atoms with Crippen LogP contribution in [0.4, 0.5) is 0 Å². The molecule has 1 fully saturated rings. The Balaban J connectivity index is 1.65. The minimum atomic E-state index is -3.56. The number of hydrogen-bond donors (Lipinski definition) is 2. The quantitative estimate of drug-likeness (QED) is 0.645. The fourth-order valence-electron chi connectivity index (χ4n) is 3.69. The van der Waals surface area contributed by atoms with Gasteiger partial charge in [-0.3, -0.25) is 9.69 Å². The average Bonchev–Trinajstić information content (AvgIpc) is 3.23. The summed E-state index contributed by atoms with van der Waals surface area (Å²) >= 11 is 1.72. The molecule has 30 heavy (non-hydrogen) atoms. The summed E-state index contributed by atoms with van der Waals surface area (Å²) in [5, 5.41) is 5.12. The number of rotatable bonds is 8. The van der Waals surface area contributed by atoms with Crippen LogP contribution in [0.25, 0.3) is 0 Å². The number of nitrogens with one attached hydrogen (secondary N) is 2. The van der Waals surface area contributed by atoms with Crippen molar-refractivity contribution in [2.24, 2.45) is 5.92 Å². The van der Waals surface area contributed by atoms with Gasteiger partial charge in [0, 0.05) is 23.0 Å². The Kier molecular flexibility index (Phi) is 7.68. The normalized spacial score (nSPS) is 17.2. The monoisotopic (exact) mass is 449 g/mol. The molecule has 6 nitrogen and oxygen atoms in total. The molecule has 1 atom stereocenters. The summed E-state index contributed by atoms with van der Waals surface area (Å²) in [6.45, 7) is 8.44. The molecule has 1 aliphatic heterocycles. The number of nitrogens with zero attached hydrogens (tertiary/aromatic N) is 1. The van der Waals surface area contributed by atoms with E-state index in [9.17, 15) is 13.2 Å². The fourth-order valence-corrected chi connectivity index (χ4v) is 5.80. The molecule has 1 amide bonds. The summed E-state index contributed by atoms with van der Waals surface area (Å²) in [6.07, 6.45) is 2.35. The highest BCUT2D eigenvalue weighted by atomic mass is 32.2. The van der Waals surface area contributed by atoms with E-state index in [0.717, 1.165) is 19.0 Å². The van der Waals surface area contributed by atoms with Crippen LogP contribution in [0, 0.1) is 5.92 Å². The standard InChI is InChI=1S/C22H31N3O3S2/c1-16(2)24-30(27,28)19-8-6-18(7-9-19)22(26)23-15-20(21-5-4-14-29-21)25-12-10-17(3)11-13-25/h4-9,14,16-17,20,24H,10-13,15H2,1-3H3,(H,23,26). The number of piperidine rings is 1. The highest BCUT2D eigenvalue weighted by Crippen LogP contribution is 2.29. The Bertz CT molecular complexity index is 917. The number of likely N-dealkylation sites (tertiary alicyclic amines) is 1. The molecule has 1 aliphatic rings. The maximum atomic E-state index is 12.7. The van der Waals surface area contributed by atoms with Crippen LogP contribution < -0.4 is 10.0 Å². The molecule has 1 aromatic heterocycles. The van der Waals surface area contributed by atoms with E-state index in [4.69, 9.17) is 0 Å². The first-order valence-electron chi connectivity index (χ1n) is 10.4. The second-order valence-corrected chi connectivity index (χ2v) is 11.0. The van der Waals surface area contributed by atoms with Gasteiger partial charge in [0.15, 0.2) is 0 Å². The van der Waals surface area contributed by atoms with E-state index in [1.165, 1.54) is 29.9 Å². The predicted molar refractivity (Wildman–Crippen MR) is 121 cm³/mol. The molecule has 0 bridgehead atoms. The molecule has 0 spiro atoms. The molecular weight excluding hydrogens is 418 g/mol. The number of amides is 1. The summed E-state index contributed by atoms with van der Waals surface area (Å²) in [4.78, 5) is 16.6. The Labute approximate surface area is 183 Å². The minimum absolute atomic E-state index is 0.159. The first-order chi connectivity index (χ1) is 14.3. The zero-order chi connectivity index (χ0) is 21.7. The van der Waals surface area contributed by atoms with E-state index in [1.807, 2.05) is 6.07 Å². The average molecular weight is 450 g/mol. The Morgan fingerprint density at radius 3 is 2.40 bits per heavy atom. The summed E-state index contributed by atoms with van der Waals surface area (Å²) in [5.41, 5.74) is 0.454. The third-order valence-electron chi connectivity index (χ3n) is 5.40. The van der Waals surface area contributed by atoms with Crippen LogP contribution in [0.5, 0.6) is 0 Å². The van der Waals surface area contributed by atoms with Gasteiger partial charge in [-0.05, 0) is 81.4 Å². The molecule has 0 radical (unpaired) electrons. The summed E-state index contributed by atoms with van der Waals surface area (Å²) < 4.78 is 27.1. The molecule has 8 heteroatoms. The molecular formula is C22H31N3O3S2. The van der Waals surface area contributed by atoms with Gasteiger partial charge in [0.05, 0.1) is 10.9 Å². The first kappa shape index (κ1) is 22.9. The molecule has 0 saturated carbocycles. The van der Waals surface area contributed by atoms with E-state index in [1.54, 1.807) is 37.3 Å². The zero-order valence-corrected chi connectivity index (χ0v) is 19.4. The summed E-state index contributed by atoms with van der Waals surface area (Å²) in [7, 11) is -3.56. The van der Waals surface area contributed by atoms with Crippen molar-refractivity contribution in [1.82, 2.24) is 14.9 Å². The Hall–Kier alpha value is -1.74. The van der Waals surface area contributed by atoms with Gasteiger partial charge in [0.25, 0.3) is 5.91 Å². The third kappa shape index (κ3) is 5.91. The predicted octanol–water partition coefficient (Wildman–Crippen LogP) is 3.64. The van der Waals surface area contributed by atoms with Gasteiger partial charge >= 0.3 is 0 Å². The van der Waals surface area contributed by atoms with E-state index in [-0.39, 0.29) is 22.9 Å². The van der Waals surface area contributed by atoms with Crippen molar-refractivity contribution < 1.29 is 13.2 Å². The number of sulfonamides is 1. The van der Waals surface area contributed by atoms with Crippen molar-refractivity contribution in [3.63, 3.8) is 0 Å². The van der Waals surface area contributed by atoms with Crippen LogP contribution in [0.1, 0.15) is 54.9 Å². The van der Waals surface area contributed by atoms with E-state index < -0.39 is 10.0 Å². The van der Waals surface area contributed by atoms with Crippen molar-refractivity contribution in [3.8, 4) is 0 Å². The van der Waals surface area contributed by atoms with Crippen molar-refractivity contribution in [2.75, 3.05) is 19.6 Å². The van der Waals surface area contributed by atoms with Crippen molar-refractivity contribution in [2.45, 2.75) is 50.6 Å². The van der Waals surface area contributed by atoms with Crippen molar-refractivity contribution in [1.29, 1.82) is 0 Å². The van der Waals surface area contributed by atoms with Gasteiger partial charge in [-0.2, -0.15) is 0 Å². The van der Waals surface area contributed by atoms with Gasteiger partial charge in [-0.15, -0.1) is 11.3 Å². The third-order valence-corrected chi connectivity index (χ3v) is 8.05. The van der Waals surface area contributed by atoms with Gasteiger partial charge in [0.1, 0.15) is 0 Å². The van der Waals surface area contributed by atoms with Gasteiger partial charge in [0.2, 0.25) is 10.0 Å². The molecule has 3 rings (SSSR count). The lowest BCUT2D eigenvalue weighted by atomic mass is 9.97. The van der Waals surface area contributed by atoms with Gasteiger partial charge < -0.3 is 5.32 Å². The smallest absolute Gasteiger partial charge is 0.251 e. The maximum Gasteiger partial charge on any atom is 0.251 e. The topological polar surface area (TPSA) is 78.5 Å². The fraction of sp³-hybridized carbons (Fsp3) is 0.500. The zero-order valence-electron chi connectivity index (χ0n) is 17.8. The van der Waals surface area contributed by atoms with Crippen molar-refractivity contribution >= 4 is 27.3 Å². The largest absolute Gasteiger partial charge is 0.350 e. The van der Waals surface area contributed by atoms with E-state index in [2.05, 4.69) is 33.3 Å². The Morgan fingerprint density at radius 1 is 1.17 bits per heavy atom. The molecule has 2 heterocycles. The molecule has 0 aliphatic carbocycles. The summed E-state index contributed by atoms with van der Waals surface area (Å²) in [6, 6.07) is 10.2. The maximum absolute atomic E-state index is 12.7. The number of thiophene rings is 1. The lowest BCUT2D eigenvalue weighted by Crippen LogP contribution is -2.41. The van der Waals surface area contributed by atoms with Gasteiger partial charge in [-0.25, -0.2) is 13.1 Å². The van der Waals surface area contributed by atoms with E-state index in [0.29, 0.717) is 12.1 Å². The van der Waals surface area contributed by atoms with Crippen LogP contribution in [0.2, 0.25) is 0 Å². The van der Waals surface area contributed by atoms with Crippen LogP contribution in [0.3, 0.4) is 0 Å². The molecule has 1 unspecified atom stereocenters. The van der Waals surface area contributed by atoms with Gasteiger partial charge in [-0.1, -0.05) is 13.0 Å². The first-order valence-corrected chi connectivity index (χ1v) is 12.8. The number of hydrogen-bond acceptors (Lipinski definition) is 5. The second kappa shape index (κ2) is 10.0. The molecule has 1 aromatic carbocycles. The number of benzene rings is 1. The summed E-state index contributed by atoms with van der Waals surface area (Å²) in [5.74, 6) is 0.558.